The Bertz CT molecular complexity index is 524. The van der Waals surface area contributed by atoms with Crippen LogP contribution in [0.5, 0.6) is 0 Å². The molecule has 0 aliphatic carbocycles. The zero-order valence-corrected chi connectivity index (χ0v) is 13.4. The average Bonchev–Trinajstić information content (AvgIpc) is 2.43. The number of hydrogen-bond donors (Lipinski definition) is 2. The third kappa shape index (κ3) is 2.63. The highest BCUT2D eigenvalue weighted by atomic mass is 14.6. The molecule has 0 bridgehead atoms. The third-order valence-corrected chi connectivity index (χ3v) is 4.60. The van der Waals surface area contributed by atoms with E-state index in [0.717, 1.165) is 11.4 Å². The third-order valence-electron chi connectivity index (χ3n) is 4.60. The highest BCUT2D eigenvalue weighted by Gasteiger charge is 2.40. The molecule has 2 heteroatoms. The van der Waals surface area contributed by atoms with E-state index in [1.54, 1.807) is 0 Å². The summed E-state index contributed by atoms with van der Waals surface area (Å²) in [5, 5.41) is 0. The molecule has 0 saturated carbocycles. The van der Waals surface area contributed by atoms with Crippen molar-refractivity contribution in [1.82, 2.24) is 0 Å². The second-order valence-corrected chi connectivity index (χ2v) is 6.42. The second-order valence-electron chi connectivity index (χ2n) is 6.42. The van der Waals surface area contributed by atoms with Gasteiger partial charge >= 0.3 is 0 Å². The molecule has 0 spiro atoms. The minimum atomic E-state index is -0.0403. The Morgan fingerprint density at radius 3 is 1.14 bits per heavy atom. The number of nitrogen functional groups attached to an aromatic ring is 2. The minimum absolute atomic E-state index is 0.0403. The smallest absolute Gasteiger partial charge is 0.0314 e. The summed E-state index contributed by atoms with van der Waals surface area (Å²) in [5.41, 5.74) is 15.9. The number of rotatable bonds is 4. The van der Waals surface area contributed by atoms with Crippen molar-refractivity contribution in [3.05, 3.63) is 59.7 Å². The van der Waals surface area contributed by atoms with Crippen molar-refractivity contribution < 1.29 is 0 Å². The van der Waals surface area contributed by atoms with Gasteiger partial charge in [-0.15, -0.1) is 0 Å². The molecule has 0 aliphatic heterocycles. The topological polar surface area (TPSA) is 52.0 Å². The SMILES string of the molecule is CC(C)C(c1ccc(N)cc1)(c1ccc(N)cc1)C(C)C. The first-order valence-electron chi connectivity index (χ1n) is 7.61. The molecule has 0 saturated heterocycles. The van der Waals surface area contributed by atoms with Crippen LogP contribution in [-0.2, 0) is 5.41 Å². The number of anilines is 2. The quantitative estimate of drug-likeness (QED) is 0.814. The van der Waals surface area contributed by atoms with Gasteiger partial charge in [0.15, 0.2) is 0 Å². The zero-order valence-electron chi connectivity index (χ0n) is 13.4. The summed E-state index contributed by atoms with van der Waals surface area (Å²) < 4.78 is 0. The van der Waals surface area contributed by atoms with E-state index in [1.807, 2.05) is 24.3 Å². The summed E-state index contributed by atoms with van der Waals surface area (Å²) in [7, 11) is 0. The van der Waals surface area contributed by atoms with E-state index >= 15 is 0 Å². The maximum atomic E-state index is 5.86. The fraction of sp³-hybridized carbons (Fsp3) is 0.368. The number of benzene rings is 2. The molecule has 0 heterocycles. The molecular weight excluding hydrogens is 256 g/mol. The number of hydrogen-bond acceptors (Lipinski definition) is 2. The van der Waals surface area contributed by atoms with Gasteiger partial charge in [0.1, 0.15) is 0 Å². The predicted octanol–water partition coefficient (Wildman–Crippen LogP) is 4.45. The van der Waals surface area contributed by atoms with Gasteiger partial charge in [-0.2, -0.15) is 0 Å². The van der Waals surface area contributed by atoms with Crippen LogP contribution in [0.4, 0.5) is 11.4 Å². The molecule has 0 unspecified atom stereocenters. The van der Waals surface area contributed by atoms with Gasteiger partial charge in [0.2, 0.25) is 0 Å². The van der Waals surface area contributed by atoms with Crippen molar-refractivity contribution in [3.8, 4) is 0 Å². The fourth-order valence-corrected chi connectivity index (χ4v) is 3.68. The largest absolute Gasteiger partial charge is 0.399 e. The lowest BCUT2D eigenvalue weighted by molar-refractivity contribution is 0.273. The van der Waals surface area contributed by atoms with Crippen LogP contribution >= 0.6 is 0 Å². The standard InChI is InChI=1S/C19H26N2/c1-13(2)19(14(3)4,15-5-9-17(20)10-6-15)16-7-11-18(21)12-8-16/h5-14H,20-21H2,1-4H3. The van der Waals surface area contributed by atoms with Gasteiger partial charge in [0.25, 0.3) is 0 Å². The first kappa shape index (κ1) is 15.4. The van der Waals surface area contributed by atoms with E-state index in [9.17, 15) is 0 Å². The second kappa shape index (κ2) is 5.80. The van der Waals surface area contributed by atoms with E-state index in [2.05, 4.69) is 52.0 Å². The van der Waals surface area contributed by atoms with Crippen LogP contribution in [0.3, 0.4) is 0 Å². The van der Waals surface area contributed by atoms with Crippen LogP contribution in [0.15, 0.2) is 48.5 Å². The van der Waals surface area contributed by atoms with E-state index < -0.39 is 0 Å². The molecule has 2 aromatic rings. The molecule has 0 fully saturated rings. The minimum Gasteiger partial charge on any atom is -0.399 e. The van der Waals surface area contributed by atoms with E-state index in [4.69, 9.17) is 11.5 Å². The van der Waals surface area contributed by atoms with Crippen LogP contribution in [-0.4, -0.2) is 0 Å². The van der Waals surface area contributed by atoms with E-state index in [1.165, 1.54) is 11.1 Å². The first-order chi connectivity index (χ1) is 9.88. The molecule has 0 aliphatic rings. The van der Waals surface area contributed by atoms with Gasteiger partial charge in [-0.25, -0.2) is 0 Å². The Labute approximate surface area is 128 Å². The van der Waals surface area contributed by atoms with Crippen molar-refractivity contribution in [3.63, 3.8) is 0 Å². The molecule has 2 nitrogen and oxygen atoms in total. The molecule has 2 aromatic carbocycles. The number of nitrogens with two attached hydrogens (primary N) is 2. The fourth-order valence-electron chi connectivity index (χ4n) is 3.68. The maximum Gasteiger partial charge on any atom is 0.0314 e. The van der Waals surface area contributed by atoms with Crippen LogP contribution in [0.25, 0.3) is 0 Å². The van der Waals surface area contributed by atoms with Crippen molar-refractivity contribution >= 4 is 11.4 Å². The Kier molecular flexibility index (Phi) is 4.26. The summed E-state index contributed by atoms with van der Waals surface area (Å²) in [6, 6.07) is 16.6. The highest BCUT2D eigenvalue weighted by Crippen LogP contribution is 2.45. The lowest BCUT2D eigenvalue weighted by atomic mass is 9.60. The summed E-state index contributed by atoms with van der Waals surface area (Å²) in [4.78, 5) is 0. The summed E-state index contributed by atoms with van der Waals surface area (Å²) in [6.07, 6.45) is 0. The average molecular weight is 282 g/mol. The molecule has 0 atom stereocenters. The molecule has 0 amide bonds. The Morgan fingerprint density at radius 1 is 0.619 bits per heavy atom. The van der Waals surface area contributed by atoms with Gasteiger partial charge in [-0.3, -0.25) is 0 Å². The first-order valence-corrected chi connectivity index (χ1v) is 7.61. The van der Waals surface area contributed by atoms with Crippen molar-refractivity contribution in [2.75, 3.05) is 11.5 Å². The molecular formula is C19H26N2. The van der Waals surface area contributed by atoms with Crippen LogP contribution in [0.2, 0.25) is 0 Å². The lowest BCUT2D eigenvalue weighted by Crippen LogP contribution is -2.39. The van der Waals surface area contributed by atoms with Gasteiger partial charge in [0.05, 0.1) is 0 Å². The van der Waals surface area contributed by atoms with Gasteiger partial charge in [0, 0.05) is 16.8 Å². The molecule has 4 N–H and O–H groups in total. The predicted molar refractivity (Wildman–Crippen MR) is 92.2 cm³/mol. The van der Waals surface area contributed by atoms with E-state index in [0.29, 0.717) is 11.8 Å². The maximum absolute atomic E-state index is 5.86. The Hall–Kier alpha value is -1.96. The van der Waals surface area contributed by atoms with Crippen molar-refractivity contribution in [2.24, 2.45) is 11.8 Å². The van der Waals surface area contributed by atoms with Gasteiger partial charge in [-0.1, -0.05) is 52.0 Å². The van der Waals surface area contributed by atoms with Crippen LogP contribution in [0, 0.1) is 11.8 Å². The molecule has 0 aromatic heterocycles. The highest BCUT2D eigenvalue weighted by molar-refractivity contribution is 5.49. The summed E-state index contributed by atoms with van der Waals surface area (Å²) in [5.74, 6) is 0.925. The monoisotopic (exact) mass is 282 g/mol. The van der Waals surface area contributed by atoms with Crippen molar-refractivity contribution in [2.45, 2.75) is 33.1 Å². The van der Waals surface area contributed by atoms with Gasteiger partial charge < -0.3 is 11.5 Å². The van der Waals surface area contributed by atoms with Crippen LogP contribution < -0.4 is 11.5 Å². The molecule has 112 valence electrons. The van der Waals surface area contributed by atoms with Crippen molar-refractivity contribution in [1.29, 1.82) is 0 Å². The van der Waals surface area contributed by atoms with Gasteiger partial charge in [-0.05, 0) is 47.2 Å². The molecule has 2 rings (SSSR count). The summed E-state index contributed by atoms with van der Waals surface area (Å²) in [6.45, 7) is 9.14. The molecule has 0 radical (unpaired) electrons. The Balaban J connectivity index is 2.69. The summed E-state index contributed by atoms with van der Waals surface area (Å²) >= 11 is 0. The van der Waals surface area contributed by atoms with Crippen LogP contribution in [0.1, 0.15) is 38.8 Å². The lowest BCUT2D eigenvalue weighted by Gasteiger charge is -2.43. The zero-order chi connectivity index (χ0) is 15.6. The molecule has 21 heavy (non-hydrogen) atoms. The van der Waals surface area contributed by atoms with E-state index in [-0.39, 0.29) is 5.41 Å². The Morgan fingerprint density at radius 2 is 0.905 bits per heavy atom. The normalized spacial score (nSPS) is 12.1.